The molecule has 0 aliphatic heterocycles. The lowest BCUT2D eigenvalue weighted by molar-refractivity contribution is 0.690. The summed E-state index contributed by atoms with van der Waals surface area (Å²) >= 11 is 1.69. The van der Waals surface area contributed by atoms with Crippen LogP contribution < -0.4 is 5.32 Å². The largest absolute Gasteiger partial charge is 0.306 e. The zero-order chi connectivity index (χ0) is 14.5. The molecule has 2 aromatic heterocycles. The SMILES string of the molecule is Cc1cccc(-c2cnc(CNCc3ccccc3)s2)n1. The van der Waals surface area contributed by atoms with Gasteiger partial charge in [-0.3, -0.25) is 4.98 Å². The fraction of sp³-hybridized carbons (Fsp3) is 0.176. The van der Waals surface area contributed by atoms with E-state index in [1.54, 1.807) is 11.3 Å². The second-order valence-corrected chi connectivity index (χ2v) is 5.99. The monoisotopic (exact) mass is 295 g/mol. The van der Waals surface area contributed by atoms with Gasteiger partial charge in [0.25, 0.3) is 0 Å². The predicted octanol–water partition coefficient (Wildman–Crippen LogP) is 3.80. The molecule has 1 N–H and O–H groups in total. The van der Waals surface area contributed by atoms with Crippen LogP contribution in [0.25, 0.3) is 10.6 Å². The maximum atomic E-state index is 4.53. The molecule has 106 valence electrons. The molecule has 0 amide bonds. The molecule has 0 radical (unpaired) electrons. The molecule has 3 rings (SSSR count). The van der Waals surface area contributed by atoms with Crippen LogP contribution in [0.2, 0.25) is 0 Å². The highest BCUT2D eigenvalue weighted by Crippen LogP contribution is 2.24. The third-order valence-corrected chi connectivity index (χ3v) is 4.16. The van der Waals surface area contributed by atoms with Crippen molar-refractivity contribution in [1.82, 2.24) is 15.3 Å². The van der Waals surface area contributed by atoms with Crippen LogP contribution in [0.1, 0.15) is 16.3 Å². The summed E-state index contributed by atoms with van der Waals surface area (Å²) in [5.74, 6) is 0. The molecule has 3 aromatic rings. The van der Waals surface area contributed by atoms with Crippen LogP contribution in [0.3, 0.4) is 0 Å². The average Bonchev–Trinajstić information content (AvgIpc) is 2.97. The highest BCUT2D eigenvalue weighted by molar-refractivity contribution is 7.15. The number of pyridine rings is 1. The first-order valence-electron chi connectivity index (χ1n) is 6.94. The van der Waals surface area contributed by atoms with E-state index in [2.05, 4.69) is 39.6 Å². The van der Waals surface area contributed by atoms with Crippen molar-refractivity contribution in [2.24, 2.45) is 0 Å². The lowest BCUT2D eigenvalue weighted by atomic mass is 10.2. The van der Waals surface area contributed by atoms with Crippen molar-refractivity contribution in [3.8, 4) is 10.6 Å². The Hall–Kier alpha value is -2.04. The molecule has 0 aliphatic carbocycles. The van der Waals surface area contributed by atoms with Crippen LogP contribution in [0.15, 0.2) is 54.7 Å². The Morgan fingerprint density at radius 2 is 1.86 bits per heavy atom. The molecular formula is C17H17N3S. The summed E-state index contributed by atoms with van der Waals surface area (Å²) in [5, 5.41) is 4.51. The van der Waals surface area contributed by atoms with Crippen molar-refractivity contribution < 1.29 is 0 Å². The average molecular weight is 295 g/mol. The van der Waals surface area contributed by atoms with E-state index in [4.69, 9.17) is 0 Å². The number of benzene rings is 1. The minimum Gasteiger partial charge on any atom is -0.306 e. The number of thiazole rings is 1. The van der Waals surface area contributed by atoms with Crippen LogP contribution in [0, 0.1) is 6.92 Å². The summed E-state index contributed by atoms with van der Waals surface area (Å²) in [7, 11) is 0. The van der Waals surface area contributed by atoms with Crippen LogP contribution >= 0.6 is 11.3 Å². The number of rotatable bonds is 5. The molecule has 0 bridgehead atoms. The molecule has 0 saturated carbocycles. The van der Waals surface area contributed by atoms with Crippen molar-refractivity contribution in [2.45, 2.75) is 20.0 Å². The fourth-order valence-corrected chi connectivity index (χ4v) is 2.96. The maximum absolute atomic E-state index is 4.53. The Kier molecular flexibility index (Phi) is 4.38. The molecule has 1 aromatic carbocycles. The van der Waals surface area contributed by atoms with Crippen LogP contribution in [-0.2, 0) is 13.1 Å². The predicted molar refractivity (Wildman–Crippen MR) is 87.1 cm³/mol. The van der Waals surface area contributed by atoms with Crippen molar-refractivity contribution in [2.75, 3.05) is 0 Å². The third-order valence-electron chi connectivity index (χ3n) is 3.14. The Morgan fingerprint density at radius 3 is 2.67 bits per heavy atom. The zero-order valence-electron chi connectivity index (χ0n) is 11.9. The number of aryl methyl sites for hydroxylation is 1. The van der Waals surface area contributed by atoms with Crippen molar-refractivity contribution in [1.29, 1.82) is 0 Å². The van der Waals surface area contributed by atoms with Gasteiger partial charge in [-0.05, 0) is 24.6 Å². The van der Waals surface area contributed by atoms with E-state index in [9.17, 15) is 0 Å². The van der Waals surface area contributed by atoms with Crippen molar-refractivity contribution in [3.05, 3.63) is 71.0 Å². The van der Waals surface area contributed by atoms with Gasteiger partial charge in [-0.15, -0.1) is 11.3 Å². The summed E-state index contributed by atoms with van der Waals surface area (Å²) < 4.78 is 0. The van der Waals surface area contributed by atoms with Crippen LogP contribution in [0.5, 0.6) is 0 Å². The fourth-order valence-electron chi connectivity index (χ4n) is 2.10. The first-order chi connectivity index (χ1) is 10.3. The van der Waals surface area contributed by atoms with Gasteiger partial charge in [0, 0.05) is 25.0 Å². The summed E-state index contributed by atoms with van der Waals surface area (Å²) in [5.41, 5.74) is 3.32. The summed E-state index contributed by atoms with van der Waals surface area (Å²) in [6.07, 6.45) is 1.91. The number of nitrogens with zero attached hydrogens (tertiary/aromatic N) is 2. The van der Waals surface area contributed by atoms with E-state index in [1.165, 1.54) is 5.56 Å². The van der Waals surface area contributed by atoms with E-state index < -0.39 is 0 Å². The van der Waals surface area contributed by atoms with Gasteiger partial charge >= 0.3 is 0 Å². The summed E-state index contributed by atoms with van der Waals surface area (Å²) in [6, 6.07) is 16.5. The molecule has 0 spiro atoms. The highest BCUT2D eigenvalue weighted by atomic mass is 32.1. The number of aromatic nitrogens is 2. The Labute approximate surface area is 128 Å². The summed E-state index contributed by atoms with van der Waals surface area (Å²) in [4.78, 5) is 10.1. The maximum Gasteiger partial charge on any atom is 0.107 e. The Balaban J connectivity index is 1.60. The summed E-state index contributed by atoms with van der Waals surface area (Å²) in [6.45, 7) is 3.65. The lowest BCUT2D eigenvalue weighted by Crippen LogP contribution is -2.12. The second-order valence-electron chi connectivity index (χ2n) is 4.87. The van der Waals surface area contributed by atoms with Gasteiger partial charge in [-0.25, -0.2) is 4.98 Å². The van der Waals surface area contributed by atoms with E-state index >= 15 is 0 Å². The molecule has 4 heteroatoms. The topological polar surface area (TPSA) is 37.8 Å². The van der Waals surface area contributed by atoms with Gasteiger partial charge in [0.05, 0.1) is 10.6 Å². The molecule has 0 aliphatic rings. The molecule has 21 heavy (non-hydrogen) atoms. The third kappa shape index (κ3) is 3.74. The van der Waals surface area contributed by atoms with Gasteiger partial charge in [0.2, 0.25) is 0 Å². The van der Waals surface area contributed by atoms with Gasteiger partial charge < -0.3 is 5.32 Å². The van der Waals surface area contributed by atoms with Gasteiger partial charge in [-0.1, -0.05) is 36.4 Å². The molecule has 0 atom stereocenters. The van der Waals surface area contributed by atoms with Gasteiger partial charge in [0.1, 0.15) is 5.01 Å². The first kappa shape index (κ1) is 13.9. The minimum atomic E-state index is 0.783. The van der Waals surface area contributed by atoms with E-state index in [1.807, 2.05) is 37.4 Å². The smallest absolute Gasteiger partial charge is 0.107 e. The lowest BCUT2D eigenvalue weighted by Gasteiger charge is -2.02. The molecule has 3 nitrogen and oxygen atoms in total. The van der Waals surface area contributed by atoms with Crippen molar-refractivity contribution in [3.63, 3.8) is 0 Å². The van der Waals surface area contributed by atoms with Gasteiger partial charge in [-0.2, -0.15) is 0 Å². The number of hydrogen-bond acceptors (Lipinski definition) is 4. The van der Waals surface area contributed by atoms with Crippen molar-refractivity contribution >= 4 is 11.3 Å². The Morgan fingerprint density at radius 1 is 1.00 bits per heavy atom. The molecule has 2 heterocycles. The van der Waals surface area contributed by atoms with E-state index in [-0.39, 0.29) is 0 Å². The first-order valence-corrected chi connectivity index (χ1v) is 7.76. The minimum absolute atomic E-state index is 0.783. The highest BCUT2D eigenvalue weighted by Gasteiger charge is 2.05. The standard InChI is InChI=1S/C17H17N3S/c1-13-6-5-9-15(20-13)16-11-19-17(21-16)12-18-10-14-7-3-2-4-8-14/h2-9,11,18H,10,12H2,1H3. The van der Waals surface area contributed by atoms with E-state index in [0.29, 0.717) is 0 Å². The zero-order valence-corrected chi connectivity index (χ0v) is 12.7. The van der Waals surface area contributed by atoms with Crippen LogP contribution in [0.4, 0.5) is 0 Å². The van der Waals surface area contributed by atoms with Crippen LogP contribution in [-0.4, -0.2) is 9.97 Å². The number of nitrogens with one attached hydrogen (secondary N) is 1. The molecular weight excluding hydrogens is 278 g/mol. The van der Waals surface area contributed by atoms with Gasteiger partial charge in [0.15, 0.2) is 0 Å². The molecule has 0 unspecified atom stereocenters. The number of hydrogen-bond donors (Lipinski definition) is 1. The van der Waals surface area contributed by atoms with E-state index in [0.717, 1.165) is 34.4 Å². The molecule has 0 fully saturated rings. The molecule has 0 saturated heterocycles. The normalized spacial score (nSPS) is 10.7. The quantitative estimate of drug-likeness (QED) is 0.778. The second kappa shape index (κ2) is 6.61. The Bertz CT molecular complexity index is 707.